The number of hydrogen-bond acceptors (Lipinski definition) is 5. The molecule has 0 atom stereocenters. The Balaban J connectivity index is 1.51. The molecule has 1 N–H and O–H groups in total. The van der Waals surface area contributed by atoms with Gasteiger partial charge in [-0.25, -0.2) is 9.37 Å². The third-order valence-corrected chi connectivity index (χ3v) is 6.13. The van der Waals surface area contributed by atoms with E-state index in [1.54, 1.807) is 47.4 Å². The van der Waals surface area contributed by atoms with Gasteiger partial charge in [-0.1, -0.05) is 11.6 Å². The summed E-state index contributed by atoms with van der Waals surface area (Å²) in [5.41, 5.74) is 2.96. The summed E-state index contributed by atoms with van der Waals surface area (Å²) in [6, 6.07) is 7.31. The zero-order chi connectivity index (χ0) is 22.4. The number of benzene rings is 1. The molecule has 0 bridgehead atoms. The van der Waals surface area contributed by atoms with Gasteiger partial charge in [0.05, 0.1) is 5.02 Å². The maximum Gasteiger partial charge on any atom is 0.244 e. The van der Waals surface area contributed by atoms with Crippen LogP contribution in [0.3, 0.4) is 0 Å². The minimum absolute atomic E-state index is 0.0242. The summed E-state index contributed by atoms with van der Waals surface area (Å²) < 4.78 is 16.7. The molecule has 0 radical (unpaired) electrons. The Bertz CT molecular complexity index is 1370. The summed E-state index contributed by atoms with van der Waals surface area (Å²) in [6.45, 7) is 2.76. The van der Waals surface area contributed by atoms with Crippen molar-refractivity contribution in [2.24, 2.45) is 0 Å². The van der Waals surface area contributed by atoms with Crippen LogP contribution in [0.2, 0.25) is 5.02 Å². The van der Waals surface area contributed by atoms with Gasteiger partial charge in [0, 0.05) is 66.9 Å². The minimum Gasteiger partial charge on any atom is -0.344 e. The van der Waals surface area contributed by atoms with Crippen LogP contribution in [-0.4, -0.2) is 44.1 Å². The highest BCUT2D eigenvalue weighted by Crippen LogP contribution is 2.36. The Morgan fingerprint density at radius 1 is 1.16 bits per heavy atom. The molecule has 9 heteroatoms. The molecule has 3 aromatic heterocycles. The number of pyridine rings is 2. The fourth-order valence-corrected chi connectivity index (χ4v) is 4.14. The number of nitrogens with zero attached hydrogens (tertiary/aromatic N) is 5. The van der Waals surface area contributed by atoms with Crippen molar-refractivity contribution in [2.45, 2.75) is 19.9 Å². The Hall–Kier alpha value is -3.52. The van der Waals surface area contributed by atoms with Gasteiger partial charge in [0.2, 0.25) is 5.91 Å². The number of likely N-dealkylation sites (N-methyl/N-ethyl adjacent to an activating group) is 1. The maximum atomic E-state index is 15.0. The fourth-order valence-electron chi connectivity index (χ4n) is 3.88. The molecule has 1 aliphatic heterocycles. The lowest BCUT2D eigenvalue weighted by Gasteiger charge is -2.12. The van der Waals surface area contributed by atoms with E-state index in [0.717, 1.165) is 23.1 Å². The molecule has 7 nitrogen and oxygen atoms in total. The summed E-state index contributed by atoms with van der Waals surface area (Å²) >= 11 is 6.35. The van der Waals surface area contributed by atoms with Crippen molar-refractivity contribution in [3.8, 4) is 11.1 Å². The molecular formula is C23H20ClFN6O. The Labute approximate surface area is 188 Å². The number of carbonyl (C=O) groups is 1. The van der Waals surface area contributed by atoms with Gasteiger partial charge in [-0.05, 0) is 36.1 Å². The number of amides is 1. The maximum absolute atomic E-state index is 15.0. The normalized spacial score (nSPS) is 13.9. The molecule has 162 valence electrons. The molecule has 0 unspecified atom stereocenters. The SMILES string of the molecule is Cc1ccncc1-c1cc2cc(Nc3cc4n(n3)CC(=O)N(C)CC4)ncc2c(Cl)c1F. The van der Waals surface area contributed by atoms with Gasteiger partial charge in [0.25, 0.3) is 0 Å². The summed E-state index contributed by atoms with van der Waals surface area (Å²) in [4.78, 5) is 22.3. The first-order valence-electron chi connectivity index (χ1n) is 10.2. The predicted octanol–water partition coefficient (Wildman–Crippen LogP) is 4.35. The van der Waals surface area contributed by atoms with Crippen LogP contribution < -0.4 is 5.32 Å². The average molecular weight is 451 g/mol. The first kappa shape index (κ1) is 20.4. The van der Waals surface area contributed by atoms with Crippen molar-refractivity contribution < 1.29 is 9.18 Å². The van der Waals surface area contributed by atoms with E-state index in [2.05, 4.69) is 20.4 Å². The number of nitrogens with one attached hydrogen (secondary N) is 1. The van der Waals surface area contributed by atoms with Crippen LogP contribution in [0.5, 0.6) is 0 Å². The molecule has 32 heavy (non-hydrogen) atoms. The molecule has 0 saturated carbocycles. The number of carbonyl (C=O) groups excluding carboxylic acids is 1. The summed E-state index contributed by atoms with van der Waals surface area (Å²) in [5, 5.41) is 8.98. The summed E-state index contributed by atoms with van der Waals surface area (Å²) in [6.07, 6.45) is 5.57. The highest BCUT2D eigenvalue weighted by atomic mass is 35.5. The lowest BCUT2D eigenvalue weighted by molar-refractivity contribution is -0.130. The zero-order valence-corrected chi connectivity index (χ0v) is 18.3. The highest BCUT2D eigenvalue weighted by Gasteiger charge is 2.20. The molecule has 1 aromatic carbocycles. The first-order chi connectivity index (χ1) is 15.4. The minimum atomic E-state index is -0.495. The van der Waals surface area contributed by atoms with Crippen molar-refractivity contribution in [2.75, 3.05) is 18.9 Å². The van der Waals surface area contributed by atoms with Crippen LogP contribution in [0.15, 0.2) is 42.9 Å². The van der Waals surface area contributed by atoms with E-state index in [9.17, 15) is 4.79 Å². The topological polar surface area (TPSA) is 75.9 Å². The van der Waals surface area contributed by atoms with E-state index in [1.165, 1.54) is 0 Å². The summed E-state index contributed by atoms with van der Waals surface area (Å²) in [5.74, 6) is 0.675. The number of fused-ring (bicyclic) bond motifs is 2. The standard InChI is InChI=1S/C23H20ClFN6O/c1-13-3-5-26-10-17(13)16-7-14-8-19(27-11-18(14)22(24)23(16)25)28-20-9-15-4-6-30(2)21(32)12-31(15)29-20/h3,5,7-11H,4,6,12H2,1-2H3,(H,27,28,29). The number of aromatic nitrogens is 4. The van der Waals surface area contributed by atoms with Crippen LogP contribution in [0.25, 0.3) is 21.9 Å². The number of aryl methyl sites for hydroxylation is 1. The van der Waals surface area contributed by atoms with E-state index in [-0.39, 0.29) is 17.5 Å². The van der Waals surface area contributed by atoms with Gasteiger partial charge in [-0.15, -0.1) is 0 Å². The van der Waals surface area contributed by atoms with Crippen LogP contribution >= 0.6 is 11.6 Å². The summed E-state index contributed by atoms with van der Waals surface area (Å²) in [7, 11) is 1.79. The van der Waals surface area contributed by atoms with Crippen LogP contribution in [0.4, 0.5) is 16.0 Å². The monoisotopic (exact) mass is 450 g/mol. The van der Waals surface area contributed by atoms with Gasteiger partial charge in [0.1, 0.15) is 18.2 Å². The average Bonchev–Trinajstić information content (AvgIpc) is 3.09. The molecule has 1 aliphatic rings. The third kappa shape index (κ3) is 3.56. The Kier molecular flexibility index (Phi) is 5.01. The van der Waals surface area contributed by atoms with E-state index < -0.39 is 5.82 Å². The van der Waals surface area contributed by atoms with Crippen LogP contribution in [-0.2, 0) is 17.8 Å². The second-order valence-electron chi connectivity index (χ2n) is 7.90. The Morgan fingerprint density at radius 3 is 2.81 bits per heavy atom. The molecule has 0 spiro atoms. The largest absolute Gasteiger partial charge is 0.344 e. The first-order valence-corrected chi connectivity index (χ1v) is 10.5. The molecule has 1 amide bonds. The van der Waals surface area contributed by atoms with Gasteiger partial charge in [-0.2, -0.15) is 5.10 Å². The quantitative estimate of drug-likeness (QED) is 0.502. The molecule has 4 aromatic rings. The number of halogens is 2. The fraction of sp³-hybridized carbons (Fsp3) is 0.217. The molecule has 0 saturated heterocycles. The zero-order valence-electron chi connectivity index (χ0n) is 17.6. The second kappa shape index (κ2) is 7.87. The molecule has 0 aliphatic carbocycles. The lowest BCUT2D eigenvalue weighted by Crippen LogP contribution is -2.29. The van der Waals surface area contributed by atoms with E-state index in [4.69, 9.17) is 11.6 Å². The Morgan fingerprint density at radius 2 is 2.00 bits per heavy atom. The van der Waals surface area contributed by atoms with Gasteiger partial charge in [0.15, 0.2) is 5.82 Å². The van der Waals surface area contributed by atoms with E-state index in [0.29, 0.717) is 34.7 Å². The van der Waals surface area contributed by atoms with Crippen molar-refractivity contribution in [3.05, 3.63) is 65.0 Å². The second-order valence-corrected chi connectivity index (χ2v) is 8.28. The molecule has 0 fully saturated rings. The number of rotatable bonds is 3. The highest BCUT2D eigenvalue weighted by molar-refractivity contribution is 6.36. The van der Waals surface area contributed by atoms with Crippen molar-refractivity contribution in [1.29, 1.82) is 0 Å². The van der Waals surface area contributed by atoms with Crippen molar-refractivity contribution >= 4 is 39.9 Å². The van der Waals surface area contributed by atoms with E-state index >= 15 is 4.39 Å². The van der Waals surface area contributed by atoms with Crippen molar-refractivity contribution in [1.82, 2.24) is 24.6 Å². The third-order valence-electron chi connectivity index (χ3n) is 5.76. The predicted molar refractivity (Wildman–Crippen MR) is 122 cm³/mol. The molecule has 4 heterocycles. The number of anilines is 2. The number of hydrogen-bond donors (Lipinski definition) is 1. The van der Waals surface area contributed by atoms with Crippen LogP contribution in [0, 0.1) is 12.7 Å². The van der Waals surface area contributed by atoms with Crippen LogP contribution in [0.1, 0.15) is 11.3 Å². The van der Waals surface area contributed by atoms with Gasteiger partial charge in [-0.3, -0.25) is 14.5 Å². The van der Waals surface area contributed by atoms with Gasteiger partial charge >= 0.3 is 0 Å². The van der Waals surface area contributed by atoms with Gasteiger partial charge < -0.3 is 10.2 Å². The smallest absolute Gasteiger partial charge is 0.244 e. The molecular weight excluding hydrogens is 431 g/mol. The molecule has 5 rings (SSSR count). The lowest BCUT2D eigenvalue weighted by atomic mass is 9.99. The van der Waals surface area contributed by atoms with E-state index in [1.807, 2.05) is 19.1 Å². The van der Waals surface area contributed by atoms with Crippen molar-refractivity contribution in [3.63, 3.8) is 0 Å².